The third kappa shape index (κ3) is 5.27. The summed E-state index contributed by atoms with van der Waals surface area (Å²) in [6, 6.07) is 16.9. The Labute approximate surface area is 238 Å². The van der Waals surface area contributed by atoms with Crippen molar-refractivity contribution in [1.29, 1.82) is 0 Å². The van der Waals surface area contributed by atoms with E-state index in [1.807, 2.05) is 18.2 Å². The summed E-state index contributed by atoms with van der Waals surface area (Å²) >= 11 is 0. The molecular formula is C28H36Cl3N5O. The number of halogens is 3. The van der Waals surface area contributed by atoms with Crippen LogP contribution >= 0.6 is 37.2 Å². The number of piperidine rings is 1. The van der Waals surface area contributed by atoms with Crippen LogP contribution in [-0.2, 0) is 11.8 Å². The number of nitrogens with one attached hydrogen (secondary N) is 1. The van der Waals surface area contributed by atoms with Gasteiger partial charge in [0, 0.05) is 35.4 Å². The smallest absolute Gasteiger partial charge is 0.140 e. The number of ether oxygens (including phenoxy) is 1. The van der Waals surface area contributed by atoms with E-state index in [0.717, 1.165) is 62.4 Å². The molecule has 1 fully saturated rings. The van der Waals surface area contributed by atoms with Crippen LogP contribution in [0.5, 0.6) is 5.75 Å². The van der Waals surface area contributed by atoms with Crippen LogP contribution in [0, 0.1) is 0 Å². The standard InChI is InChI=1S/C28H33N5O.3ClH/c1-19-7-9-23-26(19)27(32-18-31-23)33-17-28(11-13-30-14-12-28)22-15-21(8-10-24(22)33)34-25(16-29)20-5-3-2-4-6-20;;;/h2-6,8,10,15,18-19,25,30H,7,9,11-14,16-17,29H2,1H3;3*1H/t19-,25?;;;/m1.../s1. The second-order valence-electron chi connectivity index (χ2n) is 10.0. The van der Waals surface area contributed by atoms with Crippen molar-refractivity contribution < 1.29 is 4.74 Å². The van der Waals surface area contributed by atoms with Gasteiger partial charge < -0.3 is 20.7 Å². The minimum absolute atomic E-state index is 0. The van der Waals surface area contributed by atoms with Crippen LogP contribution < -0.4 is 20.7 Å². The molecule has 0 bridgehead atoms. The van der Waals surface area contributed by atoms with E-state index >= 15 is 0 Å². The van der Waals surface area contributed by atoms with Crippen LogP contribution in [-0.4, -0.2) is 36.1 Å². The molecule has 6 nitrogen and oxygen atoms in total. The number of nitrogens with zero attached hydrogens (tertiary/aromatic N) is 3. The highest BCUT2D eigenvalue weighted by Gasteiger charge is 2.45. The van der Waals surface area contributed by atoms with E-state index in [4.69, 9.17) is 15.5 Å². The fourth-order valence-corrected chi connectivity index (χ4v) is 6.17. The van der Waals surface area contributed by atoms with Gasteiger partial charge in [0.15, 0.2) is 0 Å². The highest BCUT2D eigenvalue weighted by atomic mass is 35.5. The van der Waals surface area contributed by atoms with Gasteiger partial charge in [-0.2, -0.15) is 0 Å². The van der Waals surface area contributed by atoms with Crippen molar-refractivity contribution in [1.82, 2.24) is 15.3 Å². The summed E-state index contributed by atoms with van der Waals surface area (Å²) in [4.78, 5) is 11.9. The van der Waals surface area contributed by atoms with Crippen LogP contribution in [0.2, 0.25) is 0 Å². The topological polar surface area (TPSA) is 76.3 Å². The summed E-state index contributed by atoms with van der Waals surface area (Å²) in [6.07, 6.45) is 6.02. The molecule has 2 atom stereocenters. The first-order chi connectivity index (χ1) is 16.7. The van der Waals surface area contributed by atoms with Crippen molar-refractivity contribution in [3.05, 3.63) is 77.2 Å². The largest absolute Gasteiger partial charge is 0.484 e. The Hall–Kier alpha value is -2.09. The molecule has 3 N–H and O–H groups in total. The van der Waals surface area contributed by atoms with Crippen molar-refractivity contribution in [3.63, 3.8) is 0 Å². The minimum atomic E-state index is -0.160. The monoisotopic (exact) mass is 563 g/mol. The third-order valence-corrected chi connectivity index (χ3v) is 8.02. The molecule has 1 spiro atoms. The fraction of sp³-hybridized carbons (Fsp3) is 0.429. The Morgan fingerprint density at radius 1 is 1.08 bits per heavy atom. The van der Waals surface area contributed by atoms with Crippen molar-refractivity contribution in [2.75, 3.05) is 31.1 Å². The first kappa shape index (κ1) is 29.5. The number of anilines is 2. The van der Waals surface area contributed by atoms with E-state index in [2.05, 4.69) is 52.5 Å². The maximum absolute atomic E-state index is 6.46. The molecule has 1 aliphatic carbocycles. The number of nitrogens with two attached hydrogens (primary N) is 1. The van der Waals surface area contributed by atoms with E-state index in [0.29, 0.717) is 12.5 Å². The zero-order valence-corrected chi connectivity index (χ0v) is 23.5. The van der Waals surface area contributed by atoms with Gasteiger partial charge in [0.25, 0.3) is 0 Å². The summed E-state index contributed by atoms with van der Waals surface area (Å²) in [5, 5.41) is 3.56. The van der Waals surface area contributed by atoms with Crippen molar-refractivity contribution in [2.24, 2.45) is 5.73 Å². The fourth-order valence-electron chi connectivity index (χ4n) is 6.17. The van der Waals surface area contributed by atoms with Crippen LogP contribution in [0.3, 0.4) is 0 Å². The SMILES string of the molecule is C[C@@H]1CCc2ncnc(N3CC4(CCNCC4)c4cc(OC(CN)c5ccccc5)ccc43)c21.Cl.Cl.Cl. The number of benzene rings is 2. The third-order valence-electron chi connectivity index (χ3n) is 8.02. The number of hydrogen-bond acceptors (Lipinski definition) is 6. The quantitative estimate of drug-likeness (QED) is 0.417. The maximum Gasteiger partial charge on any atom is 0.140 e. The molecular weight excluding hydrogens is 529 g/mol. The van der Waals surface area contributed by atoms with Gasteiger partial charge in [0.1, 0.15) is 24.0 Å². The van der Waals surface area contributed by atoms with Crippen LogP contribution in [0.4, 0.5) is 11.5 Å². The van der Waals surface area contributed by atoms with E-state index in [1.54, 1.807) is 6.33 Å². The second kappa shape index (κ2) is 12.2. The van der Waals surface area contributed by atoms with Crippen LogP contribution in [0.15, 0.2) is 54.9 Å². The van der Waals surface area contributed by atoms with E-state index in [9.17, 15) is 0 Å². The number of hydrogen-bond donors (Lipinski definition) is 2. The summed E-state index contributed by atoms with van der Waals surface area (Å²) in [6.45, 7) is 5.78. The Kier molecular flexibility index (Phi) is 9.70. The summed E-state index contributed by atoms with van der Waals surface area (Å²) < 4.78 is 6.46. The van der Waals surface area contributed by atoms with Gasteiger partial charge in [-0.15, -0.1) is 37.2 Å². The normalized spacial score (nSPS) is 19.6. The summed E-state index contributed by atoms with van der Waals surface area (Å²) in [5.74, 6) is 2.49. The molecule has 200 valence electrons. The van der Waals surface area contributed by atoms with E-state index in [-0.39, 0.29) is 48.7 Å². The Morgan fingerprint density at radius 3 is 2.57 bits per heavy atom. The summed E-state index contributed by atoms with van der Waals surface area (Å²) in [5.41, 5.74) is 12.5. The number of aromatic nitrogens is 2. The van der Waals surface area contributed by atoms with Gasteiger partial charge in [0.2, 0.25) is 0 Å². The molecule has 2 aromatic carbocycles. The molecule has 37 heavy (non-hydrogen) atoms. The molecule has 1 aromatic heterocycles. The lowest BCUT2D eigenvalue weighted by Gasteiger charge is -2.35. The van der Waals surface area contributed by atoms with Crippen LogP contribution in [0.25, 0.3) is 0 Å². The first-order valence-electron chi connectivity index (χ1n) is 12.6. The Balaban J connectivity index is 0.00000127. The molecule has 1 unspecified atom stereocenters. The predicted molar refractivity (Wildman–Crippen MR) is 157 cm³/mol. The molecule has 6 rings (SSSR count). The zero-order chi connectivity index (χ0) is 23.1. The maximum atomic E-state index is 6.46. The van der Waals surface area contributed by atoms with Gasteiger partial charge in [-0.3, -0.25) is 0 Å². The Morgan fingerprint density at radius 2 is 1.84 bits per heavy atom. The number of aryl methyl sites for hydroxylation is 1. The van der Waals surface area contributed by atoms with E-state index < -0.39 is 0 Å². The predicted octanol–water partition coefficient (Wildman–Crippen LogP) is 5.64. The highest BCUT2D eigenvalue weighted by molar-refractivity contribution is 5.86. The molecule has 3 aromatic rings. The van der Waals surface area contributed by atoms with Gasteiger partial charge in [-0.1, -0.05) is 37.3 Å². The molecule has 3 aliphatic rings. The lowest BCUT2D eigenvalue weighted by molar-refractivity contribution is 0.213. The minimum Gasteiger partial charge on any atom is -0.484 e. The summed E-state index contributed by atoms with van der Waals surface area (Å²) in [7, 11) is 0. The van der Waals surface area contributed by atoms with Gasteiger partial charge in [0.05, 0.1) is 0 Å². The molecule has 9 heteroatoms. The van der Waals surface area contributed by atoms with Gasteiger partial charge in [-0.25, -0.2) is 9.97 Å². The number of fused-ring (bicyclic) bond motifs is 3. The van der Waals surface area contributed by atoms with Crippen LogP contribution in [0.1, 0.15) is 60.6 Å². The molecule has 0 radical (unpaired) electrons. The lowest BCUT2D eigenvalue weighted by atomic mass is 9.75. The number of rotatable bonds is 5. The highest BCUT2D eigenvalue weighted by Crippen LogP contribution is 2.51. The zero-order valence-electron chi connectivity index (χ0n) is 21.1. The van der Waals surface area contributed by atoms with Crippen molar-refractivity contribution in [2.45, 2.75) is 50.0 Å². The molecule has 3 heterocycles. The molecule has 2 aliphatic heterocycles. The lowest BCUT2D eigenvalue weighted by Crippen LogP contribution is -2.42. The first-order valence-corrected chi connectivity index (χ1v) is 12.6. The molecule has 1 saturated heterocycles. The van der Waals surface area contributed by atoms with Crippen molar-refractivity contribution in [3.8, 4) is 5.75 Å². The molecule has 0 amide bonds. The Bertz CT molecular complexity index is 1190. The second-order valence-corrected chi connectivity index (χ2v) is 10.0. The van der Waals surface area contributed by atoms with Gasteiger partial charge >= 0.3 is 0 Å². The molecule has 0 saturated carbocycles. The average molecular weight is 565 g/mol. The van der Waals surface area contributed by atoms with Gasteiger partial charge in [-0.05, 0) is 74.0 Å². The van der Waals surface area contributed by atoms with Crippen molar-refractivity contribution >= 4 is 48.7 Å². The van der Waals surface area contributed by atoms with E-state index in [1.165, 1.54) is 22.5 Å². The average Bonchev–Trinajstić information content (AvgIpc) is 3.41.